The Labute approximate surface area is 56.6 Å². The average molecular weight is 147 g/mol. The van der Waals surface area contributed by atoms with Crippen LogP contribution in [0.4, 0.5) is 0 Å². The molecule has 2 aliphatic rings. The lowest BCUT2D eigenvalue weighted by Gasteiger charge is -2.00. The molecule has 0 aromatic rings. The topological polar surface area (TPSA) is 38.3 Å². The Bertz CT molecular complexity index is 136. The van der Waals surface area contributed by atoms with Crippen LogP contribution in [0.3, 0.4) is 0 Å². The van der Waals surface area contributed by atoms with Crippen LogP contribution in [0.25, 0.3) is 0 Å². The van der Waals surface area contributed by atoms with Gasteiger partial charge in [0, 0.05) is 6.04 Å². The Kier molecular flexibility index (Phi) is 1.32. The summed E-state index contributed by atoms with van der Waals surface area (Å²) in [5, 5.41) is 0. The summed E-state index contributed by atoms with van der Waals surface area (Å²) in [5.41, 5.74) is 0. The number of rotatable bonds is 0. The molecule has 1 heterocycles. The minimum absolute atomic E-state index is 0.242. The zero-order valence-electron chi connectivity index (χ0n) is 5.00. The molecule has 1 saturated carbocycles. The summed E-state index contributed by atoms with van der Waals surface area (Å²) in [6.07, 6.45) is 3.64. The van der Waals surface area contributed by atoms with Gasteiger partial charge < -0.3 is 0 Å². The van der Waals surface area contributed by atoms with Gasteiger partial charge in [-0.25, -0.2) is 8.93 Å². The summed E-state index contributed by atoms with van der Waals surface area (Å²) in [6, 6.07) is 0.380. The summed E-state index contributed by atoms with van der Waals surface area (Å²) >= 11 is -1.18. The smallest absolute Gasteiger partial charge is 0.235 e. The van der Waals surface area contributed by atoms with Gasteiger partial charge in [0.05, 0.1) is 6.10 Å². The molecular weight excluding hydrogens is 138 g/mol. The van der Waals surface area contributed by atoms with Crippen LogP contribution in [0.2, 0.25) is 0 Å². The second-order valence-corrected chi connectivity index (χ2v) is 3.42. The third-order valence-electron chi connectivity index (χ3n) is 1.91. The first-order chi connectivity index (χ1) is 4.36. The Balaban J connectivity index is 2.09. The van der Waals surface area contributed by atoms with E-state index in [4.69, 9.17) is 4.18 Å². The lowest BCUT2D eigenvalue weighted by Crippen LogP contribution is -2.24. The van der Waals surface area contributed by atoms with E-state index in [1.807, 2.05) is 0 Å². The molecule has 2 rings (SSSR count). The van der Waals surface area contributed by atoms with Gasteiger partial charge in [0.25, 0.3) is 0 Å². The third-order valence-corrected chi connectivity index (χ3v) is 2.83. The molecule has 0 radical (unpaired) electrons. The highest BCUT2D eigenvalue weighted by Crippen LogP contribution is 2.26. The van der Waals surface area contributed by atoms with Crippen LogP contribution in [0.5, 0.6) is 0 Å². The summed E-state index contributed by atoms with van der Waals surface area (Å²) in [5.74, 6) is 0. The largest absolute Gasteiger partial charge is 0.273 e. The molecule has 0 bridgehead atoms. The van der Waals surface area contributed by atoms with Crippen molar-refractivity contribution in [2.45, 2.75) is 31.4 Å². The summed E-state index contributed by atoms with van der Waals surface area (Å²) in [4.78, 5) is 0. The van der Waals surface area contributed by atoms with E-state index in [0.29, 0.717) is 6.04 Å². The zero-order chi connectivity index (χ0) is 6.27. The van der Waals surface area contributed by atoms with Crippen molar-refractivity contribution in [2.24, 2.45) is 0 Å². The molecule has 1 N–H and O–H groups in total. The highest BCUT2D eigenvalue weighted by molar-refractivity contribution is 7.78. The van der Waals surface area contributed by atoms with Crippen molar-refractivity contribution < 1.29 is 8.39 Å². The predicted octanol–water partition coefficient (Wildman–Crippen LogP) is 0.106. The van der Waals surface area contributed by atoms with Crippen LogP contribution in [0.1, 0.15) is 19.3 Å². The molecular formula is C5H9NO2S. The maximum absolute atomic E-state index is 10.6. The quantitative estimate of drug-likeness (QED) is 0.528. The fraction of sp³-hybridized carbons (Fsp3) is 1.00. The maximum atomic E-state index is 10.6. The molecule has 1 saturated heterocycles. The van der Waals surface area contributed by atoms with E-state index in [1.165, 1.54) is 6.42 Å². The standard InChI is InChI=1S/C5H9NO2S/c7-9-6-4-2-1-3-5(4)8-9/h4-6H,1-3H2. The molecule has 0 aromatic heterocycles. The van der Waals surface area contributed by atoms with Crippen molar-refractivity contribution in [3.05, 3.63) is 0 Å². The van der Waals surface area contributed by atoms with Crippen LogP contribution in [0.15, 0.2) is 0 Å². The van der Waals surface area contributed by atoms with Gasteiger partial charge in [0.2, 0.25) is 11.3 Å². The highest BCUT2D eigenvalue weighted by Gasteiger charge is 2.36. The van der Waals surface area contributed by atoms with Crippen LogP contribution in [-0.2, 0) is 15.4 Å². The number of nitrogens with one attached hydrogen (secondary N) is 1. The third kappa shape index (κ3) is 0.911. The Hall–Kier alpha value is 0.0700. The molecule has 52 valence electrons. The van der Waals surface area contributed by atoms with Gasteiger partial charge >= 0.3 is 0 Å². The molecule has 0 spiro atoms. The highest BCUT2D eigenvalue weighted by atomic mass is 32.2. The minimum Gasteiger partial charge on any atom is -0.273 e. The van der Waals surface area contributed by atoms with E-state index in [-0.39, 0.29) is 6.10 Å². The first kappa shape index (κ1) is 5.82. The molecule has 1 aliphatic heterocycles. The Morgan fingerprint density at radius 3 is 3.22 bits per heavy atom. The number of hydrogen-bond acceptors (Lipinski definition) is 2. The minimum atomic E-state index is -1.18. The fourth-order valence-electron chi connectivity index (χ4n) is 1.44. The Morgan fingerprint density at radius 1 is 1.56 bits per heavy atom. The van der Waals surface area contributed by atoms with Crippen molar-refractivity contribution in [1.82, 2.24) is 4.72 Å². The first-order valence-corrected chi connectivity index (χ1v) is 4.29. The van der Waals surface area contributed by atoms with Gasteiger partial charge in [-0.15, -0.1) is 0 Å². The second-order valence-electron chi connectivity index (χ2n) is 2.52. The van der Waals surface area contributed by atoms with Gasteiger partial charge in [0.1, 0.15) is 0 Å². The van der Waals surface area contributed by atoms with Crippen LogP contribution < -0.4 is 4.72 Å². The van der Waals surface area contributed by atoms with Gasteiger partial charge in [0.15, 0.2) is 0 Å². The zero-order valence-corrected chi connectivity index (χ0v) is 5.82. The van der Waals surface area contributed by atoms with Gasteiger partial charge in [-0.3, -0.25) is 4.18 Å². The molecule has 0 aromatic carbocycles. The van der Waals surface area contributed by atoms with Crippen molar-refractivity contribution in [1.29, 1.82) is 0 Å². The van der Waals surface area contributed by atoms with Crippen molar-refractivity contribution in [2.75, 3.05) is 0 Å². The summed E-state index contributed by atoms with van der Waals surface area (Å²) in [6.45, 7) is 0. The van der Waals surface area contributed by atoms with E-state index in [0.717, 1.165) is 12.8 Å². The summed E-state index contributed by atoms with van der Waals surface area (Å²) in [7, 11) is 0. The van der Waals surface area contributed by atoms with Gasteiger partial charge in [-0.05, 0) is 19.3 Å². The van der Waals surface area contributed by atoms with Gasteiger partial charge in [-0.2, -0.15) is 0 Å². The SMILES string of the molecule is O=S1NC2CCCC2O1. The molecule has 3 atom stereocenters. The lowest BCUT2D eigenvalue weighted by atomic mass is 10.2. The molecule has 3 unspecified atom stereocenters. The molecule has 2 fully saturated rings. The molecule has 9 heavy (non-hydrogen) atoms. The van der Waals surface area contributed by atoms with E-state index in [2.05, 4.69) is 4.72 Å². The van der Waals surface area contributed by atoms with Crippen LogP contribution >= 0.6 is 0 Å². The fourth-order valence-corrected chi connectivity index (χ4v) is 2.47. The normalized spacial score (nSPS) is 49.6. The van der Waals surface area contributed by atoms with E-state index in [1.54, 1.807) is 0 Å². The number of fused-ring (bicyclic) bond motifs is 1. The number of hydrogen-bond donors (Lipinski definition) is 1. The van der Waals surface area contributed by atoms with E-state index in [9.17, 15) is 4.21 Å². The predicted molar refractivity (Wildman–Crippen MR) is 33.8 cm³/mol. The first-order valence-electron chi connectivity index (χ1n) is 3.21. The lowest BCUT2D eigenvalue weighted by molar-refractivity contribution is 0.246. The van der Waals surface area contributed by atoms with Crippen LogP contribution in [0, 0.1) is 0 Å². The van der Waals surface area contributed by atoms with Crippen molar-refractivity contribution in [3.8, 4) is 0 Å². The van der Waals surface area contributed by atoms with Crippen molar-refractivity contribution >= 4 is 11.3 Å². The molecule has 0 amide bonds. The monoisotopic (exact) mass is 147 g/mol. The summed E-state index contributed by atoms with van der Waals surface area (Å²) < 4.78 is 18.5. The molecule has 4 heteroatoms. The molecule has 1 aliphatic carbocycles. The van der Waals surface area contributed by atoms with E-state index >= 15 is 0 Å². The van der Waals surface area contributed by atoms with Crippen molar-refractivity contribution in [3.63, 3.8) is 0 Å². The molecule has 3 nitrogen and oxygen atoms in total. The Morgan fingerprint density at radius 2 is 2.44 bits per heavy atom. The average Bonchev–Trinajstić information content (AvgIpc) is 2.22. The maximum Gasteiger partial charge on any atom is 0.235 e. The van der Waals surface area contributed by atoms with E-state index < -0.39 is 11.3 Å². The van der Waals surface area contributed by atoms with Crippen LogP contribution in [-0.4, -0.2) is 16.4 Å². The van der Waals surface area contributed by atoms with Gasteiger partial charge in [-0.1, -0.05) is 0 Å². The second kappa shape index (κ2) is 2.04.